The molecule has 6 heteroatoms. The van der Waals surface area contributed by atoms with Gasteiger partial charge in [-0.2, -0.15) is 5.10 Å². The molecule has 0 saturated carbocycles. The molecule has 0 radical (unpaired) electrons. The maximum absolute atomic E-state index is 12.5. The van der Waals surface area contributed by atoms with Crippen molar-refractivity contribution in [2.75, 3.05) is 24.5 Å². The van der Waals surface area contributed by atoms with E-state index in [0.29, 0.717) is 19.6 Å². The standard InChI is InChI=1S/C17H23N5O/c1-4-15-18-16(20-19-15)10-21-5-6-22(17(23)11-21)14-8-12(2)7-13(3)9-14/h7-9H,4-6,10-11H2,1-3H3,(H,18,19,20). The Morgan fingerprint density at radius 3 is 2.52 bits per heavy atom. The number of anilines is 1. The topological polar surface area (TPSA) is 65.1 Å². The van der Waals surface area contributed by atoms with Crippen LogP contribution in [0.25, 0.3) is 0 Å². The van der Waals surface area contributed by atoms with Gasteiger partial charge >= 0.3 is 0 Å². The maximum atomic E-state index is 12.5. The van der Waals surface area contributed by atoms with Crippen LogP contribution >= 0.6 is 0 Å². The third kappa shape index (κ3) is 3.59. The summed E-state index contributed by atoms with van der Waals surface area (Å²) in [6.07, 6.45) is 0.815. The first-order chi connectivity index (χ1) is 11.0. The number of aromatic amines is 1. The molecule has 3 rings (SSSR count). The molecule has 23 heavy (non-hydrogen) atoms. The summed E-state index contributed by atoms with van der Waals surface area (Å²) >= 11 is 0. The number of hydrogen-bond donors (Lipinski definition) is 1. The predicted octanol–water partition coefficient (Wildman–Crippen LogP) is 1.83. The molecule has 2 heterocycles. The van der Waals surface area contributed by atoms with Gasteiger partial charge in [-0.15, -0.1) is 0 Å². The number of benzene rings is 1. The number of carbonyl (C=O) groups is 1. The summed E-state index contributed by atoms with van der Waals surface area (Å²) in [4.78, 5) is 20.9. The van der Waals surface area contributed by atoms with E-state index in [2.05, 4.69) is 52.1 Å². The molecule has 2 aromatic rings. The second-order valence-corrected chi connectivity index (χ2v) is 6.15. The van der Waals surface area contributed by atoms with Crippen LogP contribution in [-0.4, -0.2) is 45.6 Å². The first-order valence-corrected chi connectivity index (χ1v) is 8.06. The van der Waals surface area contributed by atoms with Gasteiger partial charge in [-0.3, -0.25) is 14.8 Å². The molecule has 1 fully saturated rings. The molecular formula is C17H23N5O. The molecule has 0 unspecified atom stereocenters. The lowest BCUT2D eigenvalue weighted by Crippen LogP contribution is -2.50. The van der Waals surface area contributed by atoms with Crippen molar-refractivity contribution in [2.45, 2.75) is 33.7 Å². The van der Waals surface area contributed by atoms with Gasteiger partial charge < -0.3 is 4.90 Å². The first kappa shape index (κ1) is 15.7. The number of rotatable bonds is 4. The Balaban J connectivity index is 1.66. The molecule has 1 saturated heterocycles. The van der Waals surface area contributed by atoms with Gasteiger partial charge in [0.1, 0.15) is 11.6 Å². The molecule has 1 aliphatic rings. The lowest BCUT2D eigenvalue weighted by atomic mass is 10.1. The van der Waals surface area contributed by atoms with Crippen molar-refractivity contribution in [1.82, 2.24) is 20.1 Å². The van der Waals surface area contributed by atoms with E-state index in [1.165, 1.54) is 11.1 Å². The van der Waals surface area contributed by atoms with E-state index in [9.17, 15) is 4.79 Å². The Bertz CT molecular complexity index is 689. The fourth-order valence-corrected chi connectivity index (χ4v) is 3.01. The predicted molar refractivity (Wildman–Crippen MR) is 89.3 cm³/mol. The summed E-state index contributed by atoms with van der Waals surface area (Å²) in [5.41, 5.74) is 3.37. The molecule has 6 nitrogen and oxygen atoms in total. The van der Waals surface area contributed by atoms with Crippen molar-refractivity contribution in [3.63, 3.8) is 0 Å². The van der Waals surface area contributed by atoms with Gasteiger partial charge in [0.05, 0.1) is 13.1 Å². The van der Waals surface area contributed by atoms with E-state index in [1.807, 2.05) is 11.8 Å². The highest BCUT2D eigenvalue weighted by Crippen LogP contribution is 2.21. The van der Waals surface area contributed by atoms with Crippen molar-refractivity contribution in [3.05, 3.63) is 41.0 Å². The fourth-order valence-electron chi connectivity index (χ4n) is 3.01. The van der Waals surface area contributed by atoms with Crippen LogP contribution in [0, 0.1) is 13.8 Å². The largest absolute Gasteiger partial charge is 0.310 e. The van der Waals surface area contributed by atoms with Gasteiger partial charge in [0, 0.05) is 25.2 Å². The molecule has 1 aliphatic heterocycles. The third-order valence-corrected chi connectivity index (χ3v) is 4.09. The smallest absolute Gasteiger partial charge is 0.241 e. The summed E-state index contributed by atoms with van der Waals surface area (Å²) < 4.78 is 0. The van der Waals surface area contributed by atoms with Crippen molar-refractivity contribution < 1.29 is 4.79 Å². The molecule has 0 atom stereocenters. The van der Waals surface area contributed by atoms with Crippen LogP contribution in [0.15, 0.2) is 18.2 Å². The Morgan fingerprint density at radius 1 is 1.17 bits per heavy atom. The van der Waals surface area contributed by atoms with Crippen molar-refractivity contribution in [2.24, 2.45) is 0 Å². The zero-order valence-corrected chi connectivity index (χ0v) is 14.0. The van der Waals surface area contributed by atoms with E-state index in [1.54, 1.807) is 0 Å². The van der Waals surface area contributed by atoms with Crippen molar-refractivity contribution in [3.8, 4) is 0 Å². The maximum Gasteiger partial charge on any atom is 0.241 e. The number of nitrogens with one attached hydrogen (secondary N) is 1. The van der Waals surface area contributed by atoms with Gasteiger partial charge in [-0.1, -0.05) is 13.0 Å². The summed E-state index contributed by atoms with van der Waals surface area (Å²) in [5.74, 6) is 1.78. The SMILES string of the molecule is CCc1n[nH]c(CN2CCN(c3cc(C)cc(C)c3)C(=O)C2)n1. The summed E-state index contributed by atoms with van der Waals surface area (Å²) in [6, 6.07) is 6.27. The fraction of sp³-hybridized carbons (Fsp3) is 0.471. The van der Waals surface area contributed by atoms with Gasteiger partial charge in [0.25, 0.3) is 0 Å². The Morgan fingerprint density at radius 2 is 1.91 bits per heavy atom. The summed E-state index contributed by atoms with van der Waals surface area (Å²) in [5, 5.41) is 7.09. The van der Waals surface area contributed by atoms with Gasteiger partial charge in [0.2, 0.25) is 5.91 Å². The molecule has 1 aromatic carbocycles. The average molecular weight is 313 g/mol. The summed E-state index contributed by atoms with van der Waals surface area (Å²) in [6.45, 7) is 8.74. The van der Waals surface area contributed by atoms with Gasteiger partial charge in [-0.05, 0) is 37.1 Å². The molecular weight excluding hydrogens is 290 g/mol. The molecule has 0 bridgehead atoms. The Hall–Kier alpha value is -2.21. The summed E-state index contributed by atoms with van der Waals surface area (Å²) in [7, 11) is 0. The molecule has 0 spiro atoms. The minimum Gasteiger partial charge on any atom is -0.310 e. The zero-order valence-electron chi connectivity index (χ0n) is 14.0. The quantitative estimate of drug-likeness (QED) is 0.935. The highest BCUT2D eigenvalue weighted by Gasteiger charge is 2.25. The Kier molecular flexibility index (Phi) is 4.43. The second kappa shape index (κ2) is 6.50. The molecule has 122 valence electrons. The minimum absolute atomic E-state index is 0.136. The van der Waals surface area contributed by atoms with Crippen molar-refractivity contribution in [1.29, 1.82) is 0 Å². The van der Waals surface area contributed by atoms with E-state index >= 15 is 0 Å². The molecule has 1 N–H and O–H groups in total. The molecule has 1 amide bonds. The van der Waals surface area contributed by atoms with E-state index < -0.39 is 0 Å². The van der Waals surface area contributed by atoms with Crippen LogP contribution < -0.4 is 4.90 Å². The average Bonchev–Trinajstić information content (AvgIpc) is 2.94. The number of carbonyl (C=O) groups excluding carboxylic acids is 1. The van der Waals surface area contributed by atoms with Crippen molar-refractivity contribution >= 4 is 11.6 Å². The molecule has 0 aliphatic carbocycles. The number of aryl methyl sites for hydroxylation is 3. The molecule has 1 aromatic heterocycles. The van der Waals surface area contributed by atoms with Crippen LogP contribution in [0.3, 0.4) is 0 Å². The Labute approximate surface area is 136 Å². The van der Waals surface area contributed by atoms with Gasteiger partial charge in [-0.25, -0.2) is 4.98 Å². The van der Waals surface area contributed by atoms with E-state index in [-0.39, 0.29) is 5.91 Å². The van der Waals surface area contributed by atoms with Crippen LogP contribution in [0.1, 0.15) is 29.7 Å². The van der Waals surface area contributed by atoms with E-state index in [4.69, 9.17) is 0 Å². The minimum atomic E-state index is 0.136. The normalized spacial score (nSPS) is 16.1. The number of hydrogen-bond acceptors (Lipinski definition) is 4. The monoisotopic (exact) mass is 313 g/mol. The van der Waals surface area contributed by atoms with Crippen LogP contribution in [0.5, 0.6) is 0 Å². The number of H-pyrrole nitrogens is 1. The van der Waals surface area contributed by atoms with Gasteiger partial charge in [0.15, 0.2) is 0 Å². The van der Waals surface area contributed by atoms with E-state index in [0.717, 1.165) is 30.3 Å². The van der Waals surface area contributed by atoms with Crippen LogP contribution in [-0.2, 0) is 17.8 Å². The highest BCUT2D eigenvalue weighted by atomic mass is 16.2. The number of piperazine rings is 1. The number of amides is 1. The lowest BCUT2D eigenvalue weighted by molar-refractivity contribution is -0.121. The lowest BCUT2D eigenvalue weighted by Gasteiger charge is -2.34. The highest BCUT2D eigenvalue weighted by molar-refractivity contribution is 5.95. The third-order valence-electron chi connectivity index (χ3n) is 4.09. The zero-order chi connectivity index (χ0) is 16.4. The second-order valence-electron chi connectivity index (χ2n) is 6.15. The number of nitrogens with zero attached hydrogens (tertiary/aromatic N) is 4. The number of aromatic nitrogens is 3. The van der Waals surface area contributed by atoms with Crippen LogP contribution in [0.2, 0.25) is 0 Å². The first-order valence-electron chi connectivity index (χ1n) is 8.06. The van der Waals surface area contributed by atoms with Crippen LogP contribution in [0.4, 0.5) is 5.69 Å².